The molecule has 58 heavy (non-hydrogen) atoms. The maximum atomic E-state index is 14.1. The third-order valence-corrected chi connectivity index (χ3v) is 10.4. The van der Waals surface area contributed by atoms with Crippen LogP contribution in [0.5, 0.6) is 0 Å². The fraction of sp³-hybridized carbons (Fsp3) is 0.192. The Balaban J connectivity index is 0.000000233. The van der Waals surface area contributed by atoms with Gasteiger partial charge in [0.05, 0.1) is 22.4 Å². The number of hydrogen-bond acceptors (Lipinski definition) is 3. The molecular weight excluding hydrogens is 894 g/mol. The van der Waals surface area contributed by atoms with E-state index < -0.39 is 12.7 Å². The number of rotatable bonds is 7. The van der Waals surface area contributed by atoms with E-state index in [1.54, 1.807) is 32.0 Å². The van der Waals surface area contributed by atoms with Crippen molar-refractivity contribution in [1.82, 2.24) is 14.5 Å². The second-order valence-corrected chi connectivity index (χ2v) is 15.2. The van der Waals surface area contributed by atoms with Crippen molar-refractivity contribution in [3.05, 3.63) is 174 Å². The van der Waals surface area contributed by atoms with E-state index in [0.29, 0.717) is 22.4 Å². The van der Waals surface area contributed by atoms with Gasteiger partial charge in [-0.05, 0) is 100 Å². The minimum absolute atomic E-state index is 0. The summed E-state index contributed by atoms with van der Waals surface area (Å²) in [6.45, 7) is 10.1. The van der Waals surface area contributed by atoms with Crippen molar-refractivity contribution in [3.8, 4) is 39.5 Å². The van der Waals surface area contributed by atoms with Crippen LogP contribution in [0.15, 0.2) is 138 Å². The maximum Gasteiger partial charge on any atom is 0.126 e. The minimum Gasteiger partial charge on any atom is -0.500 e. The summed E-state index contributed by atoms with van der Waals surface area (Å²) in [5, 5.41) is 1.79. The van der Waals surface area contributed by atoms with Crippen molar-refractivity contribution >= 4 is 33.0 Å². The summed E-state index contributed by atoms with van der Waals surface area (Å²) < 4.78 is 53.6. The monoisotopic (exact) mass is 944 g/mol. The second-order valence-electron chi connectivity index (χ2n) is 15.2. The normalized spacial score (nSPS) is 12.8. The van der Waals surface area contributed by atoms with Crippen LogP contribution in [0, 0.1) is 24.8 Å². The van der Waals surface area contributed by atoms with Crippen LogP contribution in [0.1, 0.15) is 87.0 Å². The maximum absolute atomic E-state index is 14.1. The molecular formula is C52H46FIrN3O-2. The third kappa shape index (κ3) is 7.79. The zero-order valence-electron chi connectivity index (χ0n) is 37.3. The van der Waals surface area contributed by atoms with E-state index in [1.165, 1.54) is 40.6 Å². The van der Waals surface area contributed by atoms with E-state index in [0.717, 1.165) is 44.4 Å². The largest absolute Gasteiger partial charge is 0.500 e. The summed E-state index contributed by atoms with van der Waals surface area (Å²) in [6.07, 6.45) is 1.36. The van der Waals surface area contributed by atoms with Gasteiger partial charge in [-0.2, -0.15) is 0 Å². The number of halogens is 1. The molecule has 1 radical (unpaired) electrons. The molecule has 3 aromatic heterocycles. The molecule has 3 heterocycles. The van der Waals surface area contributed by atoms with E-state index in [-0.39, 0.29) is 43.3 Å². The number of aryl methyl sites for hydroxylation is 1. The average molecular weight is 944 g/mol. The Kier molecular flexibility index (Phi) is 10.4. The predicted molar refractivity (Wildman–Crippen MR) is 234 cm³/mol. The molecule has 293 valence electrons. The zero-order valence-corrected chi connectivity index (χ0v) is 35.7. The van der Waals surface area contributed by atoms with E-state index in [1.807, 2.05) is 42.5 Å². The number of fused-ring (bicyclic) bond motifs is 4. The summed E-state index contributed by atoms with van der Waals surface area (Å²) in [4.78, 5) is 9.39. The van der Waals surface area contributed by atoms with E-state index in [4.69, 9.17) is 14.9 Å². The van der Waals surface area contributed by atoms with Gasteiger partial charge in [-0.15, -0.1) is 54.1 Å². The Bertz CT molecular complexity index is 2990. The molecule has 6 heteroatoms. The van der Waals surface area contributed by atoms with Crippen LogP contribution in [0.3, 0.4) is 0 Å². The van der Waals surface area contributed by atoms with Crippen LogP contribution in [0.4, 0.5) is 4.39 Å². The molecule has 0 aliphatic heterocycles. The topological polar surface area (TPSA) is 43.9 Å². The Morgan fingerprint density at radius 1 is 0.724 bits per heavy atom. The van der Waals surface area contributed by atoms with Crippen molar-refractivity contribution in [3.63, 3.8) is 0 Å². The van der Waals surface area contributed by atoms with Crippen LogP contribution in [0.2, 0.25) is 0 Å². The van der Waals surface area contributed by atoms with E-state index in [9.17, 15) is 4.39 Å². The van der Waals surface area contributed by atoms with Crippen LogP contribution in [-0.2, 0) is 20.1 Å². The SMILES string of the molecule is CC(C)c1cc(-c2ccccc2)cc(C(C)C)c1-n1c(-c2[c-]ccc3c2oc2cc(F)ccc23)nc2ccccc21.[2H]C([2H])([2H])c1cnc(-c2[c-]cccc2)cc1C([2H])(C)C.[Ir]. The van der Waals surface area contributed by atoms with Gasteiger partial charge in [0, 0.05) is 48.9 Å². The summed E-state index contributed by atoms with van der Waals surface area (Å²) in [7, 11) is 0. The first kappa shape index (κ1) is 35.5. The first-order valence-corrected chi connectivity index (χ1v) is 19.3. The van der Waals surface area contributed by atoms with Gasteiger partial charge in [-0.3, -0.25) is 4.98 Å². The molecule has 6 aromatic carbocycles. The number of pyridine rings is 1. The number of hydrogen-bond donors (Lipinski definition) is 0. The predicted octanol–water partition coefficient (Wildman–Crippen LogP) is 14.4. The molecule has 0 amide bonds. The molecule has 0 fully saturated rings. The Morgan fingerprint density at radius 3 is 2.14 bits per heavy atom. The molecule has 0 atom stereocenters. The number of imidazole rings is 1. The van der Waals surface area contributed by atoms with Crippen molar-refractivity contribution in [1.29, 1.82) is 0 Å². The molecule has 0 N–H and O–H groups in total. The van der Waals surface area contributed by atoms with Gasteiger partial charge >= 0.3 is 0 Å². The molecule has 0 aliphatic carbocycles. The van der Waals surface area contributed by atoms with Crippen LogP contribution < -0.4 is 0 Å². The molecule has 9 aromatic rings. The van der Waals surface area contributed by atoms with Gasteiger partial charge in [0.15, 0.2) is 0 Å². The van der Waals surface area contributed by atoms with Crippen molar-refractivity contribution in [2.75, 3.05) is 0 Å². The molecule has 0 saturated carbocycles. The number of aromatic nitrogens is 3. The number of benzene rings is 6. The fourth-order valence-corrected chi connectivity index (χ4v) is 7.49. The van der Waals surface area contributed by atoms with Gasteiger partial charge in [-0.25, -0.2) is 4.39 Å². The molecule has 0 saturated heterocycles. The molecule has 4 nitrogen and oxygen atoms in total. The van der Waals surface area contributed by atoms with Gasteiger partial charge in [-0.1, -0.05) is 101 Å². The summed E-state index contributed by atoms with van der Waals surface area (Å²) in [5.74, 6) is -0.0530. The smallest absolute Gasteiger partial charge is 0.126 e. The van der Waals surface area contributed by atoms with Crippen molar-refractivity contribution in [2.24, 2.45) is 0 Å². The summed E-state index contributed by atoms with van der Waals surface area (Å²) in [6, 6.07) is 47.6. The first-order chi connectivity index (χ1) is 29.1. The number of furan rings is 1. The minimum atomic E-state index is -2.26. The molecule has 0 spiro atoms. The summed E-state index contributed by atoms with van der Waals surface area (Å²) in [5.41, 5.74) is 11.9. The number of nitrogens with zero attached hydrogens (tertiary/aromatic N) is 3. The number of para-hydroxylation sites is 2. The van der Waals surface area contributed by atoms with E-state index in [2.05, 4.69) is 104 Å². The Labute approximate surface area is 359 Å². The quantitative estimate of drug-likeness (QED) is 0.150. The second kappa shape index (κ2) is 17.0. The molecule has 0 unspecified atom stereocenters. The third-order valence-electron chi connectivity index (χ3n) is 10.4. The van der Waals surface area contributed by atoms with Crippen molar-refractivity contribution in [2.45, 2.75) is 66.1 Å². The van der Waals surface area contributed by atoms with Crippen LogP contribution >= 0.6 is 0 Å². The first-order valence-electron chi connectivity index (χ1n) is 21.3. The van der Waals surface area contributed by atoms with Gasteiger partial charge < -0.3 is 14.0 Å². The fourth-order valence-electron chi connectivity index (χ4n) is 7.49. The van der Waals surface area contributed by atoms with Crippen molar-refractivity contribution < 1.29 is 34.4 Å². The Hall–Kier alpha value is -5.68. The van der Waals surface area contributed by atoms with Crippen LogP contribution in [-0.4, -0.2) is 14.5 Å². The summed E-state index contributed by atoms with van der Waals surface area (Å²) >= 11 is 0. The molecule has 0 bridgehead atoms. The van der Waals surface area contributed by atoms with Gasteiger partial charge in [0.25, 0.3) is 0 Å². The van der Waals surface area contributed by atoms with E-state index >= 15 is 0 Å². The average Bonchev–Trinajstić information content (AvgIpc) is 3.81. The van der Waals surface area contributed by atoms with Gasteiger partial charge in [0.1, 0.15) is 11.4 Å². The zero-order chi connectivity index (χ0) is 43.2. The standard InChI is InChI=1S/C37H30FN2O.C15H16N.Ir/c1-22(2)30-19-25(24-11-6-5-7-12-24)20-31(23(3)4)35(30)40-33-16-9-8-15-32(33)39-37(40)29-14-10-13-28-27-18-17-26(38)21-34(27)41-36(28)29;1-11(2)14-9-15(16-10-12(14)3)13-7-5-4-6-8-13;/h5-13,15-23H,1-4H3;4-7,9-11H,1-3H3;/q2*-1;/i;3D3,11D;. The molecule has 0 aliphatic rings. The Morgan fingerprint density at radius 2 is 1.45 bits per heavy atom. The molecule has 9 rings (SSSR count). The van der Waals surface area contributed by atoms with Crippen LogP contribution in [0.25, 0.3) is 72.4 Å². The van der Waals surface area contributed by atoms with Gasteiger partial charge in [0.2, 0.25) is 0 Å².